The topological polar surface area (TPSA) is 202 Å². The van der Waals surface area contributed by atoms with Crippen molar-refractivity contribution in [3.8, 4) is 11.5 Å². The van der Waals surface area contributed by atoms with Gasteiger partial charge in [-0.05, 0) is 0 Å². The van der Waals surface area contributed by atoms with Crippen molar-refractivity contribution in [1.82, 2.24) is 4.90 Å². The van der Waals surface area contributed by atoms with E-state index >= 15 is 0 Å². The van der Waals surface area contributed by atoms with E-state index in [4.69, 9.17) is 0 Å². The van der Waals surface area contributed by atoms with Crippen molar-refractivity contribution in [2.75, 3.05) is 57.5 Å². The predicted octanol–water partition coefficient (Wildman–Crippen LogP) is -0.768. The fraction of sp³-hybridized carbons (Fsp3) is 0.333. The molecule has 36 heavy (non-hydrogen) atoms. The van der Waals surface area contributed by atoms with Gasteiger partial charge < -0.3 is 50.7 Å². The molecule has 0 fully saturated rings. The summed E-state index contributed by atoms with van der Waals surface area (Å²) in [5.74, 6) is -4.14. The predicted molar refractivity (Wildman–Crippen MR) is 127 cm³/mol. The van der Waals surface area contributed by atoms with E-state index in [1.807, 2.05) is 0 Å². The Bertz CT molecular complexity index is 1150. The van der Waals surface area contributed by atoms with Crippen molar-refractivity contribution in [1.29, 1.82) is 0 Å². The second-order valence-corrected chi connectivity index (χ2v) is 7.99. The van der Waals surface area contributed by atoms with Crippen LogP contribution in [0.5, 0.6) is 11.5 Å². The third kappa shape index (κ3) is 4.93. The van der Waals surface area contributed by atoms with Gasteiger partial charge in [0.15, 0.2) is 5.78 Å². The van der Waals surface area contributed by atoms with Crippen molar-refractivity contribution in [2.45, 2.75) is 0 Å². The van der Waals surface area contributed by atoms with Gasteiger partial charge in [0.1, 0.15) is 23.0 Å². The van der Waals surface area contributed by atoms with Crippen molar-refractivity contribution in [3.63, 3.8) is 0 Å². The van der Waals surface area contributed by atoms with E-state index in [1.165, 1.54) is 21.9 Å². The summed E-state index contributed by atoms with van der Waals surface area (Å²) >= 11 is 0. The van der Waals surface area contributed by atoms with E-state index in [2.05, 4.69) is 0 Å². The van der Waals surface area contributed by atoms with Gasteiger partial charge >= 0.3 is 0 Å². The highest BCUT2D eigenvalue weighted by atomic mass is 16.3. The lowest BCUT2D eigenvalue weighted by Crippen LogP contribution is -2.32. The van der Waals surface area contributed by atoms with Crippen LogP contribution < -0.4 is 4.90 Å². The Morgan fingerprint density at radius 3 is 1.58 bits per heavy atom. The van der Waals surface area contributed by atoms with E-state index in [0.717, 1.165) is 12.2 Å². The molecular formula is C24H28N2O10. The molecule has 0 radical (unpaired) electrons. The highest BCUT2D eigenvalue weighted by molar-refractivity contribution is 6.42. The molecule has 8 N–H and O–H groups in total. The summed E-state index contributed by atoms with van der Waals surface area (Å²) in [5.41, 5.74) is -1.34. The van der Waals surface area contributed by atoms with Crippen LogP contribution in [0, 0.1) is 0 Å². The summed E-state index contributed by atoms with van der Waals surface area (Å²) in [6, 6.07) is 2.38. The number of benzene rings is 1. The van der Waals surface area contributed by atoms with Crippen molar-refractivity contribution in [3.05, 3.63) is 58.2 Å². The fourth-order valence-corrected chi connectivity index (χ4v) is 4.15. The standard InChI is InChI=1S/C24H28N2O10/c27-5-1-25(2-6-28)13-9-15(31)19(16(32)10-13)21-23(35)22(24(21)36)20-17(33)11-14(12-18(20)34)26(3-7-29)4-8-30/h9-12,27-33,35H,1-8H2/b22-20+. The molecular weight excluding hydrogens is 476 g/mol. The number of aliphatic hydroxyl groups is 6. The van der Waals surface area contributed by atoms with Crippen LogP contribution in [0.15, 0.2) is 52.6 Å². The maximum atomic E-state index is 12.9. The molecule has 0 aliphatic heterocycles. The van der Waals surface area contributed by atoms with Gasteiger partial charge in [-0.3, -0.25) is 9.59 Å². The third-order valence-electron chi connectivity index (χ3n) is 5.79. The van der Waals surface area contributed by atoms with Gasteiger partial charge in [0.2, 0.25) is 5.78 Å². The average Bonchev–Trinajstić information content (AvgIpc) is 2.82. The Morgan fingerprint density at radius 1 is 0.639 bits per heavy atom. The smallest absolute Gasteiger partial charge is 0.202 e. The number of hydrogen-bond donors (Lipinski definition) is 8. The Kier molecular flexibility index (Phi) is 8.37. The quantitative estimate of drug-likeness (QED) is 0.175. The summed E-state index contributed by atoms with van der Waals surface area (Å²) in [5, 5.41) is 78.9. The summed E-state index contributed by atoms with van der Waals surface area (Å²) in [6.07, 6.45) is 2.25. The Labute approximate surface area is 205 Å². The molecule has 1 aromatic rings. The van der Waals surface area contributed by atoms with Crippen LogP contribution >= 0.6 is 0 Å². The van der Waals surface area contributed by atoms with Crippen LogP contribution in [0.1, 0.15) is 5.56 Å². The first-order chi connectivity index (χ1) is 17.2. The maximum absolute atomic E-state index is 12.9. The van der Waals surface area contributed by atoms with Crippen molar-refractivity contribution >= 4 is 22.8 Å². The van der Waals surface area contributed by atoms with Gasteiger partial charge in [-0.2, -0.15) is 0 Å². The zero-order chi connectivity index (χ0) is 26.6. The normalized spacial score (nSPS) is 17.7. The van der Waals surface area contributed by atoms with Crippen LogP contribution in [0.2, 0.25) is 0 Å². The first-order valence-electron chi connectivity index (χ1n) is 11.1. The van der Waals surface area contributed by atoms with E-state index in [-0.39, 0.29) is 69.6 Å². The number of anilines is 1. The molecule has 194 valence electrons. The van der Waals surface area contributed by atoms with Gasteiger partial charge in [-0.15, -0.1) is 0 Å². The molecule has 0 spiro atoms. The number of rotatable bonds is 11. The van der Waals surface area contributed by atoms with Crippen molar-refractivity contribution < 1.29 is 50.4 Å². The summed E-state index contributed by atoms with van der Waals surface area (Å²) in [6.45, 7) is -0.726. The summed E-state index contributed by atoms with van der Waals surface area (Å²) in [4.78, 5) is 28.6. The number of ketones is 2. The van der Waals surface area contributed by atoms with E-state index in [1.54, 1.807) is 0 Å². The number of carbonyl (C=O) groups is 2. The first kappa shape index (κ1) is 26.8. The minimum atomic E-state index is -0.892. The van der Waals surface area contributed by atoms with Gasteiger partial charge in [-0.25, -0.2) is 0 Å². The number of hydrogen-bond acceptors (Lipinski definition) is 12. The zero-order valence-electron chi connectivity index (χ0n) is 19.3. The molecule has 0 saturated heterocycles. The molecule has 2 aliphatic carbocycles. The molecule has 12 heteroatoms. The highest BCUT2D eigenvalue weighted by Gasteiger charge is 2.42. The number of phenolic OH excluding ortho intramolecular Hbond substituents is 2. The second kappa shape index (κ2) is 11.3. The number of aromatic hydroxyl groups is 2. The molecule has 0 atom stereocenters. The average molecular weight is 504 g/mol. The molecule has 0 aromatic heterocycles. The van der Waals surface area contributed by atoms with Crippen LogP contribution in [0.3, 0.4) is 0 Å². The molecule has 2 aliphatic rings. The molecule has 1 aromatic carbocycles. The minimum absolute atomic E-state index is 0.0756. The number of allylic oxidation sites excluding steroid dienone is 5. The SMILES string of the molecule is O=C1C=C(N(CCO)CCO)C=C(O)/C1=C1\C(=O)C(c2c(O)cc(N(CCO)CCO)cc2O)=C1O. The van der Waals surface area contributed by atoms with E-state index in [9.17, 15) is 50.4 Å². The Hall–Kier alpha value is -3.84. The fourth-order valence-electron chi connectivity index (χ4n) is 4.15. The number of nitrogens with zero attached hydrogens (tertiary/aromatic N) is 2. The van der Waals surface area contributed by atoms with Gasteiger partial charge in [0, 0.05) is 61.8 Å². The Morgan fingerprint density at radius 2 is 1.14 bits per heavy atom. The van der Waals surface area contributed by atoms with Crippen molar-refractivity contribution in [2.24, 2.45) is 0 Å². The molecule has 12 nitrogen and oxygen atoms in total. The molecule has 0 unspecified atom stereocenters. The highest BCUT2D eigenvalue weighted by Crippen LogP contribution is 2.47. The number of aliphatic hydroxyl groups excluding tert-OH is 6. The van der Waals surface area contributed by atoms with Gasteiger partial charge in [0.25, 0.3) is 0 Å². The second-order valence-electron chi connectivity index (χ2n) is 7.99. The van der Waals surface area contributed by atoms with Crippen LogP contribution in [-0.4, -0.2) is 110 Å². The van der Waals surface area contributed by atoms with E-state index < -0.39 is 51.3 Å². The lowest BCUT2D eigenvalue weighted by Gasteiger charge is -2.29. The lowest BCUT2D eigenvalue weighted by molar-refractivity contribution is -0.114. The molecule has 0 saturated carbocycles. The van der Waals surface area contributed by atoms with Crippen LogP contribution in [0.4, 0.5) is 5.69 Å². The monoisotopic (exact) mass is 504 g/mol. The van der Waals surface area contributed by atoms with Gasteiger partial charge in [0.05, 0.1) is 48.7 Å². The lowest BCUT2D eigenvalue weighted by atomic mass is 9.78. The van der Waals surface area contributed by atoms with E-state index in [0.29, 0.717) is 0 Å². The van der Waals surface area contributed by atoms with Gasteiger partial charge in [-0.1, -0.05) is 0 Å². The zero-order valence-corrected chi connectivity index (χ0v) is 19.3. The van der Waals surface area contributed by atoms with Crippen LogP contribution in [-0.2, 0) is 9.59 Å². The largest absolute Gasteiger partial charge is 0.507 e. The molecule has 0 amide bonds. The molecule has 3 rings (SSSR count). The summed E-state index contributed by atoms with van der Waals surface area (Å²) < 4.78 is 0. The number of phenols is 2. The Balaban J connectivity index is 2.01. The maximum Gasteiger partial charge on any atom is 0.202 e. The molecule has 0 heterocycles. The molecule has 0 bridgehead atoms. The minimum Gasteiger partial charge on any atom is -0.507 e. The third-order valence-corrected chi connectivity index (χ3v) is 5.79. The number of carbonyl (C=O) groups excluding carboxylic acids is 2. The van der Waals surface area contributed by atoms with Crippen LogP contribution in [0.25, 0.3) is 5.57 Å². The first-order valence-corrected chi connectivity index (χ1v) is 11.1. The number of Topliss-reactive ketones (excluding diaryl/α,β-unsaturated/α-hetero) is 1. The summed E-state index contributed by atoms with van der Waals surface area (Å²) in [7, 11) is 0.